The van der Waals surface area contributed by atoms with Crippen molar-refractivity contribution in [3.8, 4) is 0 Å². The molecule has 0 saturated carbocycles. The summed E-state index contributed by atoms with van der Waals surface area (Å²) in [6.45, 7) is 0. The van der Waals surface area contributed by atoms with Crippen LogP contribution in [0.5, 0.6) is 0 Å². The van der Waals surface area contributed by atoms with Crippen LogP contribution in [0.25, 0.3) is 0 Å². The SMILES string of the molecule is O=P([O-])([O-])F.O=P([O-])([O-])F.O=P([O-])([O-])F.[K+].[K+].[K+].[K+].[K+].[K+]. The van der Waals surface area contributed by atoms with Gasteiger partial charge in [0, 0.05) is 0 Å². The Balaban J connectivity index is -0.0000000129. The number of rotatable bonds is 0. The number of hydrogen-bond acceptors (Lipinski definition) is 9. The smallest absolute Gasteiger partial charge is 0.786 e. The summed E-state index contributed by atoms with van der Waals surface area (Å²) in [4.78, 5) is 50.6. The van der Waals surface area contributed by atoms with Crippen LogP contribution >= 0.6 is 23.7 Å². The van der Waals surface area contributed by atoms with Crippen molar-refractivity contribution < 1.29 is 364 Å². The van der Waals surface area contributed by atoms with E-state index < -0.39 is 23.7 Å². The maximum atomic E-state index is 10.1. The second kappa shape index (κ2) is 32.2. The first-order chi connectivity index (χ1) is 6.00. The van der Waals surface area contributed by atoms with E-state index in [1.54, 1.807) is 0 Å². The van der Waals surface area contributed by atoms with Gasteiger partial charge in [-0.05, 0) is 0 Å². The molecule has 0 amide bonds. The van der Waals surface area contributed by atoms with Gasteiger partial charge in [-0.2, -0.15) is 0 Å². The molecule has 0 bridgehead atoms. The van der Waals surface area contributed by atoms with Crippen LogP contribution in [0.2, 0.25) is 0 Å². The van der Waals surface area contributed by atoms with Crippen LogP contribution in [0.4, 0.5) is 12.6 Å². The molecular formula is F3K6O9P3. The third-order valence-corrected chi connectivity index (χ3v) is 0. The van der Waals surface area contributed by atoms with Crippen LogP contribution in [0, 0.1) is 0 Å². The minimum Gasteiger partial charge on any atom is -0.786 e. The Morgan fingerprint density at radius 2 is 0.429 bits per heavy atom. The molecule has 0 aromatic heterocycles. The van der Waals surface area contributed by atoms with Crippen LogP contribution in [0.15, 0.2) is 0 Å². The summed E-state index contributed by atoms with van der Waals surface area (Å²) in [6, 6.07) is 0. The molecule has 0 aliphatic carbocycles. The van der Waals surface area contributed by atoms with Gasteiger partial charge in [0.25, 0.3) is 0 Å². The molecule has 96 valence electrons. The number of hydrogen-bond donors (Lipinski definition) is 0. The Labute approximate surface area is 374 Å². The Morgan fingerprint density at radius 1 is 0.429 bits per heavy atom. The molecule has 0 aliphatic rings. The second-order valence-electron chi connectivity index (χ2n) is 1.29. The first-order valence-electron chi connectivity index (χ1n) is 2.15. The summed E-state index contributed by atoms with van der Waals surface area (Å²) in [5, 5.41) is 0. The predicted octanol–water partition coefficient (Wildman–Crippen LogP) is -21.6. The van der Waals surface area contributed by atoms with Crippen molar-refractivity contribution in [2.45, 2.75) is 0 Å². The van der Waals surface area contributed by atoms with Gasteiger partial charge in [0.15, 0.2) is 0 Å². The molecule has 0 fully saturated rings. The summed E-state index contributed by atoms with van der Waals surface area (Å²) in [6.07, 6.45) is 0. The van der Waals surface area contributed by atoms with Crippen molar-refractivity contribution >= 4 is 23.7 Å². The van der Waals surface area contributed by atoms with E-state index >= 15 is 0 Å². The summed E-state index contributed by atoms with van der Waals surface area (Å²) >= 11 is 0. The third-order valence-electron chi connectivity index (χ3n) is 0. The molecule has 0 saturated heterocycles. The van der Waals surface area contributed by atoms with Crippen molar-refractivity contribution in [3.63, 3.8) is 0 Å². The summed E-state index contributed by atoms with van der Waals surface area (Å²) < 4.78 is 55.7. The molecule has 0 spiro atoms. The standard InChI is InChI=1S/3FH2O3P.6K/c3*1-5(2,3)4;;;;;;/h3*(H2,2,3,4);;;;;;/q;;;6*+1/p-6. The van der Waals surface area contributed by atoms with Crippen LogP contribution in [-0.2, 0) is 13.7 Å². The van der Waals surface area contributed by atoms with Crippen LogP contribution in [0.3, 0.4) is 0 Å². The van der Waals surface area contributed by atoms with Gasteiger partial charge in [-0.3, -0.25) is 0 Å². The van der Waals surface area contributed by atoms with Crippen molar-refractivity contribution in [1.82, 2.24) is 0 Å². The molecule has 21 heavy (non-hydrogen) atoms. The van der Waals surface area contributed by atoms with Gasteiger partial charge in [0.05, 0.1) is 0 Å². The average Bonchev–Trinajstić information content (AvgIpc) is 1.41. The normalized spacial score (nSPS) is 8.43. The van der Waals surface area contributed by atoms with Crippen molar-refractivity contribution in [2.24, 2.45) is 0 Å². The fourth-order valence-corrected chi connectivity index (χ4v) is 0. The monoisotopic (exact) mass is 528 g/mol. The van der Waals surface area contributed by atoms with Gasteiger partial charge in [0.2, 0.25) is 0 Å². The summed E-state index contributed by atoms with van der Waals surface area (Å²) in [5.41, 5.74) is 0. The molecule has 0 aliphatic heterocycles. The Morgan fingerprint density at radius 3 is 0.429 bits per heavy atom. The van der Waals surface area contributed by atoms with Gasteiger partial charge in [-0.1, -0.05) is 0 Å². The molecule has 0 radical (unpaired) electrons. The molecule has 21 heteroatoms. The van der Waals surface area contributed by atoms with E-state index in [0.29, 0.717) is 0 Å². The second-order valence-corrected chi connectivity index (χ2v) is 3.88. The zero-order valence-electron chi connectivity index (χ0n) is 12.1. The largest absolute Gasteiger partial charge is 1.00 e. The zero-order chi connectivity index (χ0) is 13.5. The topological polar surface area (TPSA) is 190 Å². The molecule has 0 unspecified atom stereocenters. The van der Waals surface area contributed by atoms with Gasteiger partial charge < -0.3 is 43.1 Å². The molecule has 0 aromatic carbocycles. The van der Waals surface area contributed by atoms with Crippen LogP contribution < -0.4 is 338 Å². The molecule has 0 aromatic rings. The van der Waals surface area contributed by atoms with Gasteiger partial charge in [0.1, 0.15) is 23.7 Å². The molecular weight excluding hydrogens is 528 g/mol. The summed E-state index contributed by atoms with van der Waals surface area (Å²) in [5.74, 6) is 0. The van der Waals surface area contributed by atoms with Crippen LogP contribution in [-0.4, -0.2) is 0 Å². The van der Waals surface area contributed by atoms with Gasteiger partial charge in [-0.15, -0.1) is 0 Å². The molecule has 0 heterocycles. The van der Waals surface area contributed by atoms with E-state index in [1.165, 1.54) is 0 Å². The van der Waals surface area contributed by atoms with E-state index in [1.807, 2.05) is 0 Å². The fourth-order valence-electron chi connectivity index (χ4n) is 0. The Hall–Kier alpha value is 10.1. The average molecular weight is 528 g/mol. The number of halogens is 3. The fraction of sp³-hybridized carbons (Fsp3) is 0. The third kappa shape index (κ3) is 234. The van der Waals surface area contributed by atoms with E-state index in [2.05, 4.69) is 0 Å². The minimum absolute atomic E-state index is 0. The van der Waals surface area contributed by atoms with Crippen molar-refractivity contribution in [1.29, 1.82) is 0 Å². The van der Waals surface area contributed by atoms with Crippen molar-refractivity contribution in [2.75, 3.05) is 0 Å². The maximum Gasteiger partial charge on any atom is 1.00 e. The minimum atomic E-state index is -5.64. The van der Waals surface area contributed by atoms with E-state index in [-0.39, 0.29) is 308 Å². The first-order valence-corrected chi connectivity index (χ1v) is 6.45. The Bertz CT molecular complexity index is 225. The first kappa shape index (κ1) is 57.7. The van der Waals surface area contributed by atoms with Gasteiger partial charge >= 0.3 is 308 Å². The Kier molecular flexibility index (Phi) is 88.5. The summed E-state index contributed by atoms with van der Waals surface area (Å²) in [7, 11) is -16.9. The predicted molar refractivity (Wildman–Crippen MR) is 26.1 cm³/mol. The molecule has 0 atom stereocenters. The maximum absolute atomic E-state index is 10.1. The quantitative estimate of drug-likeness (QED) is 0.217. The van der Waals surface area contributed by atoms with E-state index in [4.69, 9.17) is 43.1 Å². The molecule has 9 nitrogen and oxygen atoms in total. The molecule has 0 N–H and O–H groups in total. The van der Waals surface area contributed by atoms with Gasteiger partial charge in [-0.25, -0.2) is 12.6 Å². The van der Waals surface area contributed by atoms with Crippen molar-refractivity contribution in [3.05, 3.63) is 0 Å². The van der Waals surface area contributed by atoms with E-state index in [0.717, 1.165) is 0 Å². The zero-order valence-corrected chi connectivity index (χ0v) is 33.6. The van der Waals surface area contributed by atoms with Crippen LogP contribution in [0.1, 0.15) is 0 Å². The van der Waals surface area contributed by atoms with E-state index in [9.17, 15) is 12.6 Å². The molecule has 0 rings (SSSR count).